The first kappa shape index (κ1) is 24.4. The minimum Gasteiger partial charge on any atom is -0.382 e. The molecule has 3 aromatic heterocycles. The van der Waals surface area contributed by atoms with Crippen LogP contribution in [0.4, 0.5) is 10.6 Å². The Morgan fingerprint density at radius 2 is 1.74 bits per heavy atom. The van der Waals surface area contributed by atoms with Gasteiger partial charge in [0, 0.05) is 54.2 Å². The van der Waals surface area contributed by atoms with Gasteiger partial charge in [0.25, 0.3) is 0 Å². The van der Waals surface area contributed by atoms with E-state index >= 15 is 0 Å². The maximum absolute atomic E-state index is 13.0. The first-order chi connectivity index (χ1) is 18.3. The van der Waals surface area contributed by atoms with E-state index in [0.29, 0.717) is 24.2 Å². The number of carbonyl (C=O) groups is 1. The number of urea groups is 1. The predicted molar refractivity (Wildman–Crippen MR) is 144 cm³/mol. The number of benzene rings is 1. The predicted octanol–water partition coefficient (Wildman–Crippen LogP) is 3.49. The molecule has 38 heavy (non-hydrogen) atoms. The van der Waals surface area contributed by atoms with Crippen LogP contribution in [0.15, 0.2) is 59.8 Å². The lowest BCUT2D eigenvalue weighted by Crippen LogP contribution is -2.49. The van der Waals surface area contributed by atoms with Crippen LogP contribution >= 0.6 is 0 Å². The highest BCUT2D eigenvalue weighted by molar-refractivity contribution is 7.91. The average molecular weight is 532 g/mol. The Hall–Kier alpha value is -3.99. The first-order valence-corrected chi connectivity index (χ1v) is 14.5. The number of carbonyl (C=O) groups excluding carboxylic acids is 1. The van der Waals surface area contributed by atoms with Crippen LogP contribution < -0.4 is 11.1 Å². The minimum absolute atomic E-state index is 0.0231. The summed E-state index contributed by atoms with van der Waals surface area (Å²) in [5.41, 5.74) is 10.8. The Balaban J connectivity index is 1.44. The molecule has 0 radical (unpaired) electrons. The third kappa shape index (κ3) is 3.97. The number of piperidine rings is 1. The molecule has 2 amide bonds. The molecule has 2 saturated heterocycles. The number of nitrogens with one attached hydrogen (secondary N) is 1. The second kappa shape index (κ2) is 9.09. The van der Waals surface area contributed by atoms with E-state index in [2.05, 4.69) is 15.4 Å². The molecule has 5 heterocycles. The Morgan fingerprint density at radius 1 is 1.03 bits per heavy atom. The smallest absolute Gasteiger partial charge is 0.317 e. The van der Waals surface area contributed by atoms with Crippen LogP contribution in [0.5, 0.6) is 0 Å². The van der Waals surface area contributed by atoms with Crippen molar-refractivity contribution in [3.63, 3.8) is 0 Å². The van der Waals surface area contributed by atoms with Crippen molar-refractivity contribution in [2.45, 2.75) is 48.6 Å². The number of nitrogen functional groups attached to an aromatic ring is 1. The van der Waals surface area contributed by atoms with Crippen molar-refractivity contribution in [3.8, 4) is 22.4 Å². The number of nitrogens with two attached hydrogens (primary N) is 1. The van der Waals surface area contributed by atoms with Gasteiger partial charge in [-0.2, -0.15) is 9.61 Å². The number of anilines is 1. The van der Waals surface area contributed by atoms with Crippen molar-refractivity contribution in [1.82, 2.24) is 29.8 Å². The molecule has 1 aromatic carbocycles. The van der Waals surface area contributed by atoms with E-state index in [1.807, 2.05) is 47.4 Å². The number of aromatic nitrogens is 4. The van der Waals surface area contributed by atoms with Gasteiger partial charge in [0.2, 0.25) is 0 Å². The first-order valence-electron chi connectivity index (χ1n) is 12.6. The van der Waals surface area contributed by atoms with E-state index < -0.39 is 9.84 Å². The topological polar surface area (TPSA) is 136 Å². The number of hydrogen-bond donors (Lipinski definition) is 2. The molecule has 0 spiro atoms. The fraction of sp³-hybridized carbons (Fsp3) is 0.333. The molecule has 0 aliphatic carbocycles. The van der Waals surface area contributed by atoms with E-state index in [1.54, 1.807) is 19.4 Å². The Bertz CT molecular complexity index is 1620. The summed E-state index contributed by atoms with van der Waals surface area (Å²) in [4.78, 5) is 24.0. The highest BCUT2D eigenvalue weighted by Gasteiger charge is 2.45. The van der Waals surface area contributed by atoms with Gasteiger partial charge in [0.1, 0.15) is 10.7 Å². The molecule has 4 aromatic rings. The number of pyridine rings is 1. The molecular formula is C27H29N7O3S. The number of sulfone groups is 1. The van der Waals surface area contributed by atoms with Gasteiger partial charge in [-0.15, -0.1) is 0 Å². The summed E-state index contributed by atoms with van der Waals surface area (Å²) in [5, 5.41) is 7.13. The lowest BCUT2D eigenvalue weighted by molar-refractivity contribution is 0.138. The molecule has 3 N–H and O–H groups in total. The highest BCUT2D eigenvalue weighted by atomic mass is 32.2. The van der Waals surface area contributed by atoms with Gasteiger partial charge >= 0.3 is 6.03 Å². The van der Waals surface area contributed by atoms with Crippen molar-refractivity contribution < 1.29 is 13.2 Å². The maximum Gasteiger partial charge on any atom is 0.317 e. The zero-order valence-electron chi connectivity index (χ0n) is 21.2. The molecule has 2 aliphatic heterocycles. The third-order valence-electron chi connectivity index (χ3n) is 7.75. The van der Waals surface area contributed by atoms with E-state index in [4.69, 9.17) is 10.7 Å². The summed E-state index contributed by atoms with van der Waals surface area (Å²) in [6.07, 6.45) is 7.60. The zero-order chi connectivity index (χ0) is 26.6. The minimum atomic E-state index is -3.70. The number of nitrogens with zero attached hydrogens (tertiary/aromatic N) is 5. The summed E-state index contributed by atoms with van der Waals surface area (Å²) in [7, 11) is -2.07. The molecule has 0 saturated carbocycles. The molecule has 10 nitrogen and oxygen atoms in total. The van der Waals surface area contributed by atoms with Crippen LogP contribution in [0.3, 0.4) is 0 Å². The number of amides is 2. The van der Waals surface area contributed by atoms with Crippen molar-refractivity contribution in [2.24, 2.45) is 0 Å². The van der Waals surface area contributed by atoms with Gasteiger partial charge < -0.3 is 16.0 Å². The van der Waals surface area contributed by atoms with E-state index in [0.717, 1.165) is 41.5 Å². The number of rotatable bonds is 4. The standard InChI is InChI=1S/C27H29N7O3S/c1-29-27(35)33-19-9-10-20(33)13-18(12-19)23-24(38(2,36)37)25(28)34-26(32-23)21(15-31-34)17-8-11-22(30-14-17)16-6-4-3-5-7-16/h3-8,11,14-15,18-20H,9-10,12-13,28H2,1-2H3,(H,29,35)/t18?,19-,20+. The summed E-state index contributed by atoms with van der Waals surface area (Å²) in [6.45, 7) is 0. The zero-order valence-corrected chi connectivity index (χ0v) is 22.0. The second-order valence-corrected chi connectivity index (χ2v) is 12.0. The molecule has 2 fully saturated rings. The molecule has 2 bridgehead atoms. The molecule has 1 unspecified atom stereocenters. The lowest BCUT2D eigenvalue weighted by Gasteiger charge is -2.38. The summed E-state index contributed by atoms with van der Waals surface area (Å²) < 4.78 is 27.3. The van der Waals surface area contributed by atoms with Gasteiger partial charge in [-0.25, -0.2) is 18.2 Å². The quantitative estimate of drug-likeness (QED) is 0.411. The largest absolute Gasteiger partial charge is 0.382 e. The normalized spacial score (nSPS) is 21.1. The molecule has 6 rings (SSSR count). The Morgan fingerprint density at radius 3 is 2.34 bits per heavy atom. The monoisotopic (exact) mass is 531 g/mol. The molecule has 11 heteroatoms. The lowest BCUT2D eigenvalue weighted by atomic mass is 9.88. The van der Waals surface area contributed by atoms with Crippen LogP contribution in [-0.4, -0.2) is 64.3 Å². The van der Waals surface area contributed by atoms with Gasteiger partial charge in [0.15, 0.2) is 15.5 Å². The molecule has 2 aliphatic rings. The Kier molecular flexibility index (Phi) is 5.82. The van der Waals surface area contributed by atoms with Crippen LogP contribution in [0.25, 0.3) is 28.0 Å². The average Bonchev–Trinajstić information content (AvgIpc) is 3.46. The summed E-state index contributed by atoms with van der Waals surface area (Å²) in [6, 6.07) is 13.8. The van der Waals surface area contributed by atoms with E-state index in [1.165, 1.54) is 4.52 Å². The van der Waals surface area contributed by atoms with Crippen molar-refractivity contribution in [3.05, 3.63) is 60.6 Å². The van der Waals surface area contributed by atoms with Crippen molar-refractivity contribution >= 4 is 27.3 Å². The van der Waals surface area contributed by atoms with Crippen LogP contribution in [0.2, 0.25) is 0 Å². The highest BCUT2D eigenvalue weighted by Crippen LogP contribution is 2.45. The fourth-order valence-electron chi connectivity index (χ4n) is 6.07. The number of fused-ring (bicyclic) bond motifs is 3. The van der Waals surface area contributed by atoms with Gasteiger partial charge in [0.05, 0.1) is 17.6 Å². The molecule has 3 atom stereocenters. The molecule has 196 valence electrons. The van der Waals surface area contributed by atoms with Gasteiger partial charge in [-0.3, -0.25) is 4.98 Å². The number of hydrogen-bond acceptors (Lipinski definition) is 7. The van der Waals surface area contributed by atoms with Crippen LogP contribution in [0.1, 0.15) is 37.3 Å². The van der Waals surface area contributed by atoms with Gasteiger partial charge in [-0.05, 0) is 31.7 Å². The maximum atomic E-state index is 13.0. The van der Waals surface area contributed by atoms with Crippen molar-refractivity contribution in [1.29, 1.82) is 0 Å². The second-order valence-electron chi connectivity index (χ2n) is 10.1. The van der Waals surface area contributed by atoms with E-state index in [9.17, 15) is 13.2 Å². The van der Waals surface area contributed by atoms with Gasteiger partial charge in [-0.1, -0.05) is 36.4 Å². The van der Waals surface area contributed by atoms with Crippen LogP contribution in [0, 0.1) is 0 Å². The Labute approximate surface area is 220 Å². The summed E-state index contributed by atoms with van der Waals surface area (Å²) >= 11 is 0. The fourth-order valence-corrected chi connectivity index (χ4v) is 7.13. The van der Waals surface area contributed by atoms with E-state index in [-0.39, 0.29) is 34.7 Å². The SMILES string of the molecule is CNC(=O)N1[C@@H]2CC[C@H]1CC(c1nc3c(-c4ccc(-c5ccccc5)nc4)cnn3c(N)c1S(C)(=O)=O)C2. The van der Waals surface area contributed by atoms with Crippen LogP contribution in [-0.2, 0) is 9.84 Å². The molecular weight excluding hydrogens is 502 g/mol. The van der Waals surface area contributed by atoms with Crippen molar-refractivity contribution in [2.75, 3.05) is 19.0 Å². The third-order valence-corrected chi connectivity index (χ3v) is 8.91. The summed E-state index contributed by atoms with van der Waals surface area (Å²) in [5.74, 6) is -0.0968.